The minimum Gasteiger partial charge on any atom is -0.495 e. The largest absolute Gasteiger partial charge is 0.495 e. The van der Waals surface area contributed by atoms with Crippen molar-refractivity contribution in [2.24, 2.45) is 0 Å². The molecule has 0 amide bonds. The second kappa shape index (κ2) is 5.27. The number of anilines is 3. The Labute approximate surface area is 114 Å². The van der Waals surface area contributed by atoms with Gasteiger partial charge in [-0.3, -0.25) is 0 Å². The van der Waals surface area contributed by atoms with Gasteiger partial charge in [-0.05, 0) is 47.1 Å². The molecule has 0 bridgehead atoms. The summed E-state index contributed by atoms with van der Waals surface area (Å²) in [6.07, 6.45) is 0. The van der Waals surface area contributed by atoms with Crippen molar-refractivity contribution in [3.8, 4) is 5.75 Å². The van der Waals surface area contributed by atoms with Crippen LogP contribution in [0.3, 0.4) is 0 Å². The average Bonchev–Trinajstić information content (AvgIpc) is 2.36. The van der Waals surface area contributed by atoms with Gasteiger partial charge in [-0.25, -0.2) is 4.98 Å². The van der Waals surface area contributed by atoms with Gasteiger partial charge in [-0.2, -0.15) is 0 Å². The Bertz CT molecular complexity index is 572. The quantitative estimate of drug-likeness (QED) is 0.911. The van der Waals surface area contributed by atoms with E-state index in [4.69, 9.17) is 10.5 Å². The van der Waals surface area contributed by atoms with Crippen molar-refractivity contribution in [3.05, 3.63) is 40.5 Å². The molecule has 94 valence electrons. The topological polar surface area (TPSA) is 60.2 Å². The zero-order valence-electron chi connectivity index (χ0n) is 10.2. The minimum absolute atomic E-state index is 0.689. The summed E-state index contributed by atoms with van der Waals surface area (Å²) in [5.74, 6) is 1.53. The first-order valence-electron chi connectivity index (χ1n) is 5.44. The summed E-state index contributed by atoms with van der Waals surface area (Å²) in [7, 11) is 1.63. The van der Waals surface area contributed by atoms with Crippen LogP contribution in [-0.2, 0) is 0 Å². The minimum atomic E-state index is 0.689. The van der Waals surface area contributed by atoms with E-state index in [-0.39, 0.29) is 0 Å². The smallest absolute Gasteiger partial charge is 0.135 e. The molecular weight excluding hydrogens is 294 g/mol. The maximum absolute atomic E-state index is 5.73. The lowest BCUT2D eigenvalue weighted by Gasteiger charge is -2.10. The highest BCUT2D eigenvalue weighted by molar-refractivity contribution is 9.10. The summed E-state index contributed by atoms with van der Waals surface area (Å²) >= 11 is 3.41. The Morgan fingerprint density at radius 3 is 2.72 bits per heavy atom. The van der Waals surface area contributed by atoms with E-state index in [0.717, 1.165) is 27.4 Å². The van der Waals surface area contributed by atoms with Gasteiger partial charge >= 0.3 is 0 Å². The van der Waals surface area contributed by atoms with E-state index in [2.05, 4.69) is 26.2 Å². The van der Waals surface area contributed by atoms with Crippen LogP contribution in [0, 0.1) is 6.92 Å². The molecule has 1 aromatic carbocycles. The number of nitrogens with two attached hydrogens (primary N) is 1. The Morgan fingerprint density at radius 1 is 1.28 bits per heavy atom. The number of aryl methyl sites for hydroxylation is 1. The van der Waals surface area contributed by atoms with E-state index in [1.165, 1.54) is 0 Å². The first-order valence-corrected chi connectivity index (χ1v) is 6.23. The normalized spacial score (nSPS) is 10.2. The third kappa shape index (κ3) is 2.73. The van der Waals surface area contributed by atoms with Crippen LogP contribution in [-0.4, -0.2) is 12.1 Å². The molecule has 0 atom stereocenters. The van der Waals surface area contributed by atoms with Gasteiger partial charge in [0.05, 0.1) is 23.0 Å². The summed E-state index contributed by atoms with van der Waals surface area (Å²) in [4.78, 5) is 4.36. The number of benzene rings is 1. The van der Waals surface area contributed by atoms with Crippen LogP contribution in [0.2, 0.25) is 0 Å². The summed E-state index contributed by atoms with van der Waals surface area (Å²) in [6, 6.07) is 9.44. The lowest BCUT2D eigenvalue weighted by atomic mass is 10.3. The number of pyridine rings is 1. The molecule has 0 saturated carbocycles. The molecule has 0 aliphatic rings. The zero-order chi connectivity index (χ0) is 13.1. The molecule has 0 radical (unpaired) electrons. The SMILES string of the molecule is COc1cc(Nc2ccc(N)c(C)n2)ccc1Br. The average molecular weight is 308 g/mol. The molecule has 0 aliphatic carbocycles. The molecule has 0 saturated heterocycles. The molecule has 3 N–H and O–H groups in total. The van der Waals surface area contributed by atoms with Crippen LogP contribution < -0.4 is 15.8 Å². The third-order valence-electron chi connectivity index (χ3n) is 2.55. The summed E-state index contributed by atoms with van der Waals surface area (Å²) in [5, 5.41) is 3.21. The number of hydrogen-bond donors (Lipinski definition) is 2. The van der Waals surface area contributed by atoms with Crippen molar-refractivity contribution < 1.29 is 4.74 Å². The molecule has 2 rings (SSSR count). The summed E-state index contributed by atoms with van der Waals surface area (Å²) in [5.41, 5.74) is 8.14. The Balaban J connectivity index is 2.25. The molecule has 0 unspecified atom stereocenters. The number of methoxy groups -OCH3 is 1. The van der Waals surface area contributed by atoms with Crippen molar-refractivity contribution in [3.63, 3.8) is 0 Å². The fourth-order valence-electron chi connectivity index (χ4n) is 1.53. The van der Waals surface area contributed by atoms with Gasteiger partial charge < -0.3 is 15.8 Å². The molecular formula is C13H14BrN3O. The van der Waals surface area contributed by atoms with Gasteiger partial charge in [0.1, 0.15) is 11.6 Å². The monoisotopic (exact) mass is 307 g/mol. The second-order valence-electron chi connectivity index (χ2n) is 3.85. The number of nitrogens with one attached hydrogen (secondary N) is 1. The fourth-order valence-corrected chi connectivity index (χ4v) is 1.94. The van der Waals surface area contributed by atoms with Crippen LogP contribution in [0.4, 0.5) is 17.2 Å². The fraction of sp³-hybridized carbons (Fsp3) is 0.154. The van der Waals surface area contributed by atoms with Crippen LogP contribution in [0.25, 0.3) is 0 Å². The van der Waals surface area contributed by atoms with Crippen LogP contribution >= 0.6 is 15.9 Å². The van der Waals surface area contributed by atoms with Crippen molar-refractivity contribution in [1.82, 2.24) is 4.98 Å². The molecule has 4 nitrogen and oxygen atoms in total. The van der Waals surface area contributed by atoms with Crippen molar-refractivity contribution in [1.29, 1.82) is 0 Å². The maximum atomic E-state index is 5.73. The van der Waals surface area contributed by atoms with Crippen LogP contribution in [0.1, 0.15) is 5.69 Å². The van der Waals surface area contributed by atoms with Crippen LogP contribution in [0.15, 0.2) is 34.8 Å². The van der Waals surface area contributed by atoms with Crippen molar-refractivity contribution in [2.75, 3.05) is 18.2 Å². The second-order valence-corrected chi connectivity index (χ2v) is 4.70. The highest BCUT2D eigenvalue weighted by atomic mass is 79.9. The molecule has 18 heavy (non-hydrogen) atoms. The lowest BCUT2D eigenvalue weighted by molar-refractivity contribution is 0.412. The first kappa shape index (κ1) is 12.7. The molecule has 0 aliphatic heterocycles. The maximum Gasteiger partial charge on any atom is 0.135 e. The number of aromatic nitrogens is 1. The van der Waals surface area contributed by atoms with Crippen molar-refractivity contribution in [2.45, 2.75) is 6.92 Å². The molecule has 5 heteroatoms. The highest BCUT2D eigenvalue weighted by Crippen LogP contribution is 2.29. The number of rotatable bonds is 3. The highest BCUT2D eigenvalue weighted by Gasteiger charge is 2.03. The number of ether oxygens (including phenoxy) is 1. The molecule has 0 spiro atoms. The Morgan fingerprint density at radius 2 is 2.06 bits per heavy atom. The predicted octanol–water partition coefficient (Wildman–Crippen LogP) is 3.49. The lowest BCUT2D eigenvalue weighted by Crippen LogP contribution is -1.98. The predicted molar refractivity (Wildman–Crippen MR) is 77.4 cm³/mol. The van der Waals surface area contributed by atoms with E-state index in [1.54, 1.807) is 7.11 Å². The first-order chi connectivity index (χ1) is 8.60. The van der Waals surface area contributed by atoms with E-state index in [0.29, 0.717) is 5.69 Å². The molecule has 1 aromatic heterocycles. The molecule has 1 heterocycles. The zero-order valence-corrected chi connectivity index (χ0v) is 11.8. The van der Waals surface area contributed by atoms with Crippen LogP contribution in [0.5, 0.6) is 5.75 Å². The van der Waals surface area contributed by atoms with Gasteiger partial charge in [0.15, 0.2) is 0 Å². The summed E-state index contributed by atoms with van der Waals surface area (Å²) < 4.78 is 6.15. The molecule has 2 aromatic rings. The number of halogens is 1. The van der Waals surface area contributed by atoms with E-state index in [9.17, 15) is 0 Å². The van der Waals surface area contributed by atoms with Crippen molar-refractivity contribution >= 4 is 33.1 Å². The van der Waals surface area contributed by atoms with Gasteiger partial charge in [-0.1, -0.05) is 0 Å². The summed E-state index contributed by atoms with van der Waals surface area (Å²) in [6.45, 7) is 1.88. The molecule has 0 fully saturated rings. The number of hydrogen-bond acceptors (Lipinski definition) is 4. The van der Waals surface area contributed by atoms with Gasteiger partial charge in [0, 0.05) is 11.8 Å². The van der Waals surface area contributed by atoms with E-state index in [1.807, 2.05) is 37.3 Å². The Hall–Kier alpha value is -1.75. The van der Waals surface area contributed by atoms with E-state index >= 15 is 0 Å². The standard InChI is InChI=1S/C13H14BrN3O/c1-8-11(15)5-6-13(16-8)17-9-3-4-10(14)12(7-9)18-2/h3-7H,15H2,1-2H3,(H,16,17). The number of nitrogen functional groups attached to an aromatic ring is 1. The Kier molecular flexibility index (Phi) is 3.72. The van der Waals surface area contributed by atoms with Gasteiger partial charge in [0.25, 0.3) is 0 Å². The third-order valence-corrected chi connectivity index (χ3v) is 3.21. The van der Waals surface area contributed by atoms with E-state index < -0.39 is 0 Å². The van der Waals surface area contributed by atoms with Gasteiger partial charge in [-0.15, -0.1) is 0 Å². The number of nitrogens with zero attached hydrogens (tertiary/aromatic N) is 1. The van der Waals surface area contributed by atoms with Gasteiger partial charge in [0.2, 0.25) is 0 Å².